The van der Waals surface area contributed by atoms with Gasteiger partial charge in [0.1, 0.15) is 5.82 Å². The summed E-state index contributed by atoms with van der Waals surface area (Å²) in [4.78, 5) is 4.38. The van der Waals surface area contributed by atoms with Crippen LogP contribution in [0.4, 0.5) is 11.5 Å². The van der Waals surface area contributed by atoms with Crippen LogP contribution in [0.2, 0.25) is 0 Å². The van der Waals surface area contributed by atoms with Crippen LogP contribution >= 0.6 is 64.4 Å². The summed E-state index contributed by atoms with van der Waals surface area (Å²) < 4.78 is 20.8. The van der Waals surface area contributed by atoms with E-state index < -0.39 is 19.4 Å². The van der Waals surface area contributed by atoms with Gasteiger partial charge in [0.25, 0.3) is 11.8 Å². The van der Waals surface area contributed by atoms with Crippen molar-refractivity contribution in [1.82, 2.24) is 4.98 Å². The van der Waals surface area contributed by atoms with Gasteiger partial charge in [-0.15, -0.1) is 0 Å². The second kappa shape index (κ2) is 5.93. The monoisotopic (exact) mass is 459 g/mol. The lowest BCUT2D eigenvalue weighted by molar-refractivity contribution is 0.626. The molecule has 2 aromatic rings. The highest BCUT2D eigenvalue weighted by atomic mass is 35.9. The standard InChI is InChI=1S/C11H8Cl4N5OP3/c12-22(13)17-23(14,15)19-24(18-22)20(11-7-3-4-8-16-11)9-5-1-2-6-10(9)21-24/h1-8H. The Bertz CT molecular complexity index is 979. The van der Waals surface area contributed by atoms with Gasteiger partial charge < -0.3 is 4.52 Å². The van der Waals surface area contributed by atoms with E-state index in [0.717, 1.165) is 5.69 Å². The Hall–Kier alpha value is -0.180. The summed E-state index contributed by atoms with van der Waals surface area (Å²) in [5.74, 6) is -5.06. The predicted octanol–water partition coefficient (Wildman–Crippen LogP) is 8.42. The minimum atomic E-state index is -3.12. The molecule has 4 rings (SSSR count). The molecular weight excluding hydrogens is 453 g/mol. The Balaban J connectivity index is 2.06. The number of hydrogen-bond donors (Lipinski definition) is 0. The van der Waals surface area contributed by atoms with Gasteiger partial charge in [-0.1, -0.05) is 18.2 Å². The van der Waals surface area contributed by atoms with Crippen LogP contribution in [-0.2, 0) is 0 Å². The molecule has 2 aliphatic heterocycles. The van der Waals surface area contributed by atoms with E-state index in [9.17, 15) is 0 Å². The van der Waals surface area contributed by atoms with Crippen LogP contribution in [0, 0.1) is 0 Å². The number of hydrogen-bond acceptors (Lipinski definition) is 6. The lowest BCUT2D eigenvalue weighted by Crippen LogP contribution is -2.11. The van der Waals surface area contributed by atoms with E-state index in [2.05, 4.69) is 18.5 Å². The molecule has 1 aromatic carbocycles. The third-order valence-electron chi connectivity index (χ3n) is 3.10. The largest absolute Gasteiger partial charge is 0.424 e. The molecule has 1 aromatic heterocycles. The number of para-hydroxylation sites is 2. The predicted molar refractivity (Wildman–Crippen MR) is 105 cm³/mol. The van der Waals surface area contributed by atoms with E-state index in [1.165, 1.54) is 0 Å². The summed E-state index contributed by atoms with van der Waals surface area (Å²) in [6, 6.07) is 12.9. The van der Waals surface area contributed by atoms with Gasteiger partial charge in [-0.25, -0.2) is 9.65 Å². The molecule has 24 heavy (non-hydrogen) atoms. The zero-order valence-corrected chi connectivity index (χ0v) is 17.3. The fourth-order valence-electron chi connectivity index (χ4n) is 2.34. The summed E-state index contributed by atoms with van der Waals surface area (Å²) in [5.41, 5.74) is 0.751. The molecule has 0 amide bonds. The highest BCUT2D eigenvalue weighted by Crippen LogP contribution is 2.87. The smallest absolute Gasteiger partial charge is 0.366 e. The first-order valence-electron chi connectivity index (χ1n) is 6.51. The minimum absolute atomic E-state index is 0.590. The van der Waals surface area contributed by atoms with Gasteiger partial charge in [0.05, 0.1) is 5.69 Å². The zero-order chi connectivity index (χ0) is 17.0. The Kier molecular flexibility index (Phi) is 4.26. The van der Waals surface area contributed by atoms with Crippen molar-refractivity contribution in [2.24, 2.45) is 13.5 Å². The first-order chi connectivity index (χ1) is 11.3. The summed E-state index contributed by atoms with van der Waals surface area (Å²) in [6.45, 7) is 0. The van der Waals surface area contributed by atoms with Gasteiger partial charge in [-0.05, 0) is 69.2 Å². The number of aromatic nitrogens is 1. The van der Waals surface area contributed by atoms with Crippen LogP contribution in [0.25, 0.3) is 0 Å². The highest BCUT2D eigenvalue weighted by Gasteiger charge is 2.47. The number of rotatable bonds is 1. The van der Waals surface area contributed by atoms with Crippen LogP contribution in [-0.4, -0.2) is 4.98 Å². The van der Waals surface area contributed by atoms with Gasteiger partial charge in [0.2, 0.25) is 0 Å². The van der Waals surface area contributed by atoms with Gasteiger partial charge in [-0.2, -0.15) is 13.5 Å². The molecule has 0 fully saturated rings. The first-order valence-corrected chi connectivity index (χ1v) is 15.1. The Morgan fingerprint density at radius 1 is 0.833 bits per heavy atom. The van der Waals surface area contributed by atoms with Gasteiger partial charge >= 0.3 is 7.58 Å². The van der Waals surface area contributed by atoms with Crippen molar-refractivity contribution < 1.29 is 4.52 Å². The maximum Gasteiger partial charge on any atom is 0.366 e. The van der Waals surface area contributed by atoms with E-state index in [0.29, 0.717) is 11.6 Å². The molecule has 6 nitrogen and oxygen atoms in total. The zero-order valence-electron chi connectivity index (χ0n) is 11.6. The van der Waals surface area contributed by atoms with E-state index in [1.54, 1.807) is 10.9 Å². The SMILES string of the molecule is ClP1(Cl)=NP(Cl)(Cl)=NP2(=N1)Oc1ccccc1N2c1ccccn1. The maximum absolute atomic E-state index is 6.26. The van der Waals surface area contributed by atoms with E-state index in [-0.39, 0.29) is 0 Å². The third kappa shape index (κ3) is 3.04. The van der Waals surface area contributed by atoms with E-state index in [4.69, 9.17) is 49.5 Å². The lowest BCUT2D eigenvalue weighted by atomic mass is 10.3. The molecule has 0 N–H and O–H groups in total. The van der Waals surface area contributed by atoms with E-state index in [1.807, 2.05) is 42.5 Å². The molecule has 0 saturated heterocycles. The average Bonchev–Trinajstić information content (AvgIpc) is 2.76. The number of benzene rings is 1. The van der Waals surface area contributed by atoms with Crippen molar-refractivity contribution in [3.05, 3.63) is 48.7 Å². The fraction of sp³-hybridized carbons (Fsp3) is 0. The molecule has 1 atom stereocenters. The van der Waals surface area contributed by atoms with Crippen molar-refractivity contribution in [2.45, 2.75) is 0 Å². The van der Waals surface area contributed by atoms with Crippen molar-refractivity contribution >= 4 is 75.9 Å². The minimum Gasteiger partial charge on any atom is -0.424 e. The van der Waals surface area contributed by atoms with Crippen LogP contribution in [0.5, 0.6) is 5.75 Å². The van der Waals surface area contributed by atoms with Gasteiger partial charge in [-0.3, -0.25) is 0 Å². The highest BCUT2D eigenvalue weighted by molar-refractivity contribution is 8.21. The van der Waals surface area contributed by atoms with Crippen molar-refractivity contribution in [2.75, 3.05) is 4.67 Å². The molecule has 2 aliphatic rings. The molecule has 1 spiro atoms. The summed E-state index contributed by atoms with van der Waals surface area (Å²) in [5, 5.41) is 0. The molecule has 0 aliphatic carbocycles. The molecule has 126 valence electrons. The normalized spacial score (nSPS) is 25.9. The molecule has 13 heteroatoms. The van der Waals surface area contributed by atoms with Gasteiger partial charge in [0.15, 0.2) is 5.75 Å². The number of nitrogens with zero attached hydrogens (tertiary/aromatic N) is 5. The maximum atomic E-state index is 6.26. The molecule has 0 saturated carbocycles. The first kappa shape index (κ1) is 17.2. The van der Waals surface area contributed by atoms with E-state index >= 15 is 0 Å². The van der Waals surface area contributed by atoms with Crippen molar-refractivity contribution in [3.63, 3.8) is 0 Å². The molecule has 3 heterocycles. The lowest BCUT2D eigenvalue weighted by Gasteiger charge is -2.29. The molecular formula is C11H8Cl4N5OP3. The second-order valence-corrected chi connectivity index (χ2v) is 17.0. The molecule has 1 unspecified atom stereocenters. The molecule has 0 radical (unpaired) electrons. The average molecular weight is 461 g/mol. The summed E-state index contributed by atoms with van der Waals surface area (Å²) in [7, 11) is -3.10. The van der Waals surface area contributed by atoms with Gasteiger partial charge in [0, 0.05) is 6.20 Å². The van der Waals surface area contributed by atoms with Crippen LogP contribution in [0.15, 0.2) is 62.2 Å². The van der Waals surface area contributed by atoms with Crippen molar-refractivity contribution in [1.29, 1.82) is 0 Å². The second-order valence-electron chi connectivity index (χ2n) is 4.75. The number of pyridine rings is 1. The summed E-state index contributed by atoms with van der Waals surface area (Å²) in [6.07, 6.45) is 1.66. The topological polar surface area (TPSA) is 62.4 Å². The number of anilines is 2. The fourth-order valence-corrected chi connectivity index (χ4v) is 17.2. The van der Waals surface area contributed by atoms with Crippen LogP contribution in [0.1, 0.15) is 0 Å². The third-order valence-corrected chi connectivity index (χ3v) is 14.7. The Labute approximate surface area is 157 Å². The Morgan fingerprint density at radius 3 is 2.25 bits per heavy atom. The van der Waals surface area contributed by atoms with Crippen LogP contribution < -0.4 is 9.19 Å². The van der Waals surface area contributed by atoms with Crippen molar-refractivity contribution in [3.8, 4) is 5.75 Å². The quantitative estimate of drug-likeness (QED) is 0.401. The number of halogens is 4. The summed E-state index contributed by atoms with van der Waals surface area (Å²) >= 11 is 25.1. The molecule has 0 bridgehead atoms. The Morgan fingerprint density at radius 2 is 1.54 bits per heavy atom. The number of fused-ring (bicyclic) bond motifs is 1. The van der Waals surface area contributed by atoms with Crippen LogP contribution in [0.3, 0.4) is 0 Å².